The summed E-state index contributed by atoms with van der Waals surface area (Å²) in [6.45, 7) is 0. The Labute approximate surface area is 160 Å². The first kappa shape index (κ1) is 18.0. The second kappa shape index (κ2) is 10.3. The second-order valence-electron chi connectivity index (χ2n) is 5.88. The molecule has 0 aliphatic carbocycles. The average Bonchev–Trinajstić information content (AvgIpc) is 2.72. The summed E-state index contributed by atoms with van der Waals surface area (Å²) in [7, 11) is 0. The molecule has 1 heteroatoms. The molecule has 0 atom stereocenters. The van der Waals surface area contributed by atoms with E-state index >= 15 is 0 Å². The first-order chi connectivity index (χ1) is 12.9. The third-order valence-electron chi connectivity index (χ3n) is 3.82. The van der Waals surface area contributed by atoms with E-state index in [0.717, 1.165) is 6.42 Å². The van der Waals surface area contributed by atoms with E-state index < -0.39 is 0 Å². The Bertz CT molecular complexity index is 705. The minimum atomic E-state index is 1.03. The predicted molar refractivity (Wildman–Crippen MR) is 113 cm³/mol. The molecule has 0 saturated heterocycles. The number of rotatable bonds is 4. The van der Waals surface area contributed by atoms with Crippen LogP contribution in [0.5, 0.6) is 0 Å². The molecule has 0 heterocycles. The molecule has 0 nitrogen and oxygen atoms in total. The molecule has 0 radical (unpaired) electrons. The van der Waals surface area contributed by atoms with Crippen molar-refractivity contribution in [2.75, 3.05) is 0 Å². The summed E-state index contributed by atoms with van der Waals surface area (Å²) < 4.78 is 0. The van der Waals surface area contributed by atoms with Gasteiger partial charge in [-0.3, -0.25) is 0 Å². The second-order valence-corrected chi connectivity index (χ2v) is 7.02. The van der Waals surface area contributed by atoms with Crippen molar-refractivity contribution in [3.8, 4) is 0 Å². The maximum absolute atomic E-state index is 2.16. The van der Waals surface area contributed by atoms with E-state index in [1.807, 2.05) is 12.1 Å². The van der Waals surface area contributed by atoms with Crippen molar-refractivity contribution in [2.45, 2.75) is 16.2 Å². The number of hydrogen-bond donors (Lipinski definition) is 0. The molecule has 4 rings (SSSR count). The van der Waals surface area contributed by atoms with E-state index in [2.05, 4.69) is 109 Å². The molecule has 0 aliphatic heterocycles. The molecule has 4 aromatic carbocycles. The van der Waals surface area contributed by atoms with Gasteiger partial charge in [-0.2, -0.15) is 0 Å². The lowest BCUT2D eigenvalue weighted by Gasteiger charge is -2.00. The van der Waals surface area contributed by atoms with Crippen LogP contribution < -0.4 is 0 Å². The molecule has 0 unspecified atom stereocenters. The molecule has 0 aliphatic rings. The largest absolute Gasteiger partial charge is 0.0901 e. The van der Waals surface area contributed by atoms with Crippen LogP contribution in [0.4, 0.5) is 0 Å². The average molecular weight is 355 g/mol. The Balaban J connectivity index is 0.000000151. The molecular weight excluding hydrogens is 332 g/mol. The standard InChI is InChI=1S/C13H12.C12H10S/c1-3-7-12(8-4-1)11-13-9-5-2-6-10-13;1-3-7-11(8-4-1)13-12-9-5-2-6-10-12/h1-10H,11H2;1-10H. The van der Waals surface area contributed by atoms with Crippen molar-refractivity contribution in [2.24, 2.45) is 0 Å². The fraction of sp³-hybridized carbons (Fsp3) is 0.0400. The van der Waals surface area contributed by atoms with Gasteiger partial charge in [0, 0.05) is 9.79 Å². The first-order valence-electron chi connectivity index (χ1n) is 8.76. The Morgan fingerprint density at radius 1 is 0.385 bits per heavy atom. The molecule has 0 spiro atoms. The van der Waals surface area contributed by atoms with Crippen LogP contribution in [0, 0.1) is 0 Å². The molecule has 0 bridgehead atoms. The van der Waals surface area contributed by atoms with Crippen molar-refractivity contribution >= 4 is 11.8 Å². The van der Waals surface area contributed by atoms with Crippen molar-refractivity contribution in [1.29, 1.82) is 0 Å². The first-order valence-corrected chi connectivity index (χ1v) is 9.57. The highest BCUT2D eigenvalue weighted by Gasteiger charge is 1.94. The topological polar surface area (TPSA) is 0 Å². The molecule has 0 fully saturated rings. The van der Waals surface area contributed by atoms with Crippen LogP contribution in [-0.2, 0) is 6.42 Å². The third kappa shape index (κ3) is 6.27. The highest BCUT2D eigenvalue weighted by Crippen LogP contribution is 2.26. The van der Waals surface area contributed by atoms with Gasteiger partial charge in [0.2, 0.25) is 0 Å². The summed E-state index contributed by atoms with van der Waals surface area (Å²) >= 11 is 1.79. The molecule has 128 valence electrons. The van der Waals surface area contributed by atoms with E-state index in [4.69, 9.17) is 0 Å². The molecule has 0 aromatic heterocycles. The number of benzene rings is 4. The van der Waals surface area contributed by atoms with Crippen molar-refractivity contribution < 1.29 is 0 Å². The monoisotopic (exact) mass is 354 g/mol. The van der Waals surface area contributed by atoms with Crippen LogP contribution >= 0.6 is 11.8 Å². The van der Waals surface area contributed by atoms with Crippen molar-refractivity contribution in [3.05, 3.63) is 132 Å². The maximum atomic E-state index is 2.16. The van der Waals surface area contributed by atoms with Gasteiger partial charge in [0.1, 0.15) is 0 Å². The highest BCUT2D eigenvalue weighted by molar-refractivity contribution is 7.99. The Kier molecular flexibility index (Phi) is 7.13. The van der Waals surface area contributed by atoms with Gasteiger partial charge in [-0.25, -0.2) is 0 Å². The molecule has 4 aromatic rings. The van der Waals surface area contributed by atoms with Gasteiger partial charge in [0.05, 0.1) is 0 Å². The summed E-state index contributed by atoms with van der Waals surface area (Å²) in [6.07, 6.45) is 1.03. The van der Waals surface area contributed by atoms with Gasteiger partial charge in [0.15, 0.2) is 0 Å². The lowest BCUT2D eigenvalue weighted by atomic mass is 10.1. The minimum Gasteiger partial charge on any atom is -0.0901 e. The fourth-order valence-electron chi connectivity index (χ4n) is 2.54. The summed E-state index contributed by atoms with van der Waals surface area (Å²) in [5, 5.41) is 0. The van der Waals surface area contributed by atoms with Crippen molar-refractivity contribution in [1.82, 2.24) is 0 Å². The predicted octanol–water partition coefficient (Wildman–Crippen LogP) is 7.12. The highest BCUT2D eigenvalue weighted by atomic mass is 32.2. The summed E-state index contributed by atoms with van der Waals surface area (Å²) in [4.78, 5) is 2.57. The quantitative estimate of drug-likeness (QED) is 0.376. The summed E-state index contributed by atoms with van der Waals surface area (Å²) in [5.74, 6) is 0. The van der Waals surface area contributed by atoms with E-state index in [-0.39, 0.29) is 0 Å². The van der Waals surface area contributed by atoms with Crippen LogP contribution in [0.2, 0.25) is 0 Å². The third-order valence-corrected chi connectivity index (χ3v) is 4.83. The van der Waals surface area contributed by atoms with Crippen LogP contribution in [0.25, 0.3) is 0 Å². The Hall–Kier alpha value is -2.77. The molecule has 0 amide bonds. The summed E-state index contributed by atoms with van der Waals surface area (Å²) in [6, 6.07) is 41.9. The zero-order valence-electron chi connectivity index (χ0n) is 14.7. The molecule has 0 N–H and O–H groups in total. The maximum Gasteiger partial charge on any atom is 0.0122 e. The van der Waals surface area contributed by atoms with Gasteiger partial charge >= 0.3 is 0 Å². The number of hydrogen-bond acceptors (Lipinski definition) is 1. The molecular formula is C25H22S. The van der Waals surface area contributed by atoms with E-state index in [0.29, 0.717) is 0 Å². The van der Waals surface area contributed by atoms with Gasteiger partial charge in [-0.05, 0) is 41.8 Å². The zero-order chi connectivity index (χ0) is 17.9. The van der Waals surface area contributed by atoms with Gasteiger partial charge in [-0.15, -0.1) is 0 Å². The van der Waals surface area contributed by atoms with E-state index in [1.54, 1.807) is 11.8 Å². The van der Waals surface area contributed by atoms with Crippen LogP contribution in [-0.4, -0.2) is 0 Å². The van der Waals surface area contributed by atoms with E-state index in [1.165, 1.54) is 20.9 Å². The normalized spacial score (nSPS) is 9.85. The van der Waals surface area contributed by atoms with Gasteiger partial charge < -0.3 is 0 Å². The van der Waals surface area contributed by atoms with E-state index in [9.17, 15) is 0 Å². The van der Waals surface area contributed by atoms with Gasteiger partial charge in [0.25, 0.3) is 0 Å². The van der Waals surface area contributed by atoms with Crippen LogP contribution in [0.3, 0.4) is 0 Å². The minimum absolute atomic E-state index is 1.03. The zero-order valence-corrected chi connectivity index (χ0v) is 15.5. The van der Waals surface area contributed by atoms with Crippen molar-refractivity contribution in [3.63, 3.8) is 0 Å². The molecule has 26 heavy (non-hydrogen) atoms. The fourth-order valence-corrected chi connectivity index (χ4v) is 3.40. The van der Waals surface area contributed by atoms with Crippen LogP contribution in [0.15, 0.2) is 131 Å². The smallest absolute Gasteiger partial charge is 0.0122 e. The SMILES string of the molecule is c1ccc(Cc2ccccc2)cc1.c1ccc(Sc2ccccc2)cc1. The van der Waals surface area contributed by atoms with Gasteiger partial charge in [-0.1, -0.05) is 109 Å². The Morgan fingerprint density at radius 3 is 1.04 bits per heavy atom. The lowest BCUT2D eigenvalue weighted by Crippen LogP contribution is -1.85. The molecule has 0 saturated carbocycles. The summed E-state index contributed by atoms with van der Waals surface area (Å²) in [5.41, 5.74) is 2.74. The Morgan fingerprint density at radius 2 is 0.692 bits per heavy atom. The van der Waals surface area contributed by atoms with Crippen LogP contribution in [0.1, 0.15) is 11.1 Å². The lowest BCUT2D eigenvalue weighted by molar-refractivity contribution is 1.19.